The summed E-state index contributed by atoms with van der Waals surface area (Å²) in [6, 6.07) is 1.55. The average molecular weight is 238 g/mol. The molecule has 2 heterocycles. The molecule has 0 aliphatic rings. The maximum absolute atomic E-state index is 10.9. The molecule has 0 fully saturated rings. The average Bonchev–Trinajstić information content (AvgIpc) is 2.64. The summed E-state index contributed by atoms with van der Waals surface area (Å²) in [4.78, 5) is 18.9. The first-order valence-corrected chi connectivity index (χ1v) is 4.80. The van der Waals surface area contributed by atoms with Crippen LogP contribution in [0.15, 0.2) is 18.5 Å². The van der Waals surface area contributed by atoms with Crippen LogP contribution in [-0.4, -0.2) is 25.7 Å². The highest BCUT2D eigenvalue weighted by Gasteiger charge is 2.07. The standard InChI is InChI=1S/C9H8ClN5O/c1-5-13-7(10)2-8(14-5)15-4-6(3-12-15)9(11)16/h2-4H,1H3,(H2,11,16). The van der Waals surface area contributed by atoms with Gasteiger partial charge in [0, 0.05) is 12.3 Å². The van der Waals surface area contributed by atoms with E-state index in [1.807, 2.05) is 0 Å². The Kier molecular flexibility index (Phi) is 2.57. The highest BCUT2D eigenvalue weighted by molar-refractivity contribution is 6.29. The van der Waals surface area contributed by atoms with Crippen molar-refractivity contribution in [3.8, 4) is 5.82 Å². The second-order valence-corrected chi connectivity index (χ2v) is 3.52. The summed E-state index contributed by atoms with van der Waals surface area (Å²) in [6.07, 6.45) is 2.86. The minimum atomic E-state index is -0.539. The highest BCUT2D eigenvalue weighted by atomic mass is 35.5. The predicted molar refractivity (Wildman–Crippen MR) is 57.4 cm³/mol. The number of hydrogen-bond acceptors (Lipinski definition) is 4. The van der Waals surface area contributed by atoms with E-state index in [4.69, 9.17) is 17.3 Å². The third-order valence-electron chi connectivity index (χ3n) is 1.90. The molecule has 0 aromatic carbocycles. The molecule has 0 spiro atoms. The number of hydrogen-bond donors (Lipinski definition) is 1. The lowest BCUT2D eigenvalue weighted by atomic mass is 10.3. The Morgan fingerprint density at radius 2 is 2.25 bits per heavy atom. The molecule has 7 heteroatoms. The van der Waals surface area contributed by atoms with E-state index >= 15 is 0 Å². The number of rotatable bonds is 2. The molecule has 0 aliphatic heterocycles. The van der Waals surface area contributed by atoms with Crippen molar-refractivity contribution < 1.29 is 4.79 Å². The van der Waals surface area contributed by atoms with Gasteiger partial charge in [-0.1, -0.05) is 11.6 Å². The smallest absolute Gasteiger partial charge is 0.251 e. The van der Waals surface area contributed by atoms with Crippen molar-refractivity contribution in [3.05, 3.63) is 35.0 Å². The number of primary amides is 1. The second kappa shape index (κ2) is 3.90. The molecule has 2 rings (SSSR count). The molecule has 0 radical (unpaired) electrons. The maximum Gasteiger partial charge on any atom is 0.251 e. The number of nitrogens with zero attached hydrogens (tertiary/aromatic N) is 4. The van der Waals surface area contributed by atoms with Gasteiger partial charge in [0.1, 0.15) is 11.0 Å². The summed E-state index contributed by atoms with van der Waals surface area (Å²) in [5.41, 5.74) is 5.43. The molecular weight excluding hydrogens is 230 g/mol. The van der Waals surface area contributed by atoms with Crippen molar-refractivity contribution >= 4 is 17.5 Å². The fourth-order valence-electron chi connectivity index (χ4n) is 1.21. The van der Waals surface area contributed by atoms with Gasteiger partial charge in [0.25, 0.3) is 5.91 Å². The number of nitrogens with two attached hydrogens (primary N) is 1. The number of aryl methyl sites for hydroxylation is 1. The summed E-state index contributed by atoms with van der Waals surface area (Å²) in [6.45, 7) is 1.72. The molecule has 0 saturated carbocycles. The van der Waals surface area contributed by atoms with Gasteiger partial charge < -0.3 is 5.73 Å². The van der Waals surface area contributed by atoms with Crippen LogP contribution < -0.4 is 5.73 Å². The van der Waals surface area contributed by atoms with Crippen LogP contribution >= 0.6 is 11.6 Å². The van der Waals surface area contributed by atoms with Crippen LogP contribution in [0.5, 0.6) is 0 Å². The van der Waals surface area contributed by atoms with E-state index in [9.17, 15) is 4.79 Å². The maximum atomic E-state index is 10.9. The van der Waals surface area contributed by atoms with Crippen molar-refractivity contribution in [1.29, 1.82) is 0 Å². The third-order valence-corrected chi connectivity index (χ3v) is 2.09. The zero-order chi connectivity index (χ0) is 11.7. The van der Waals surface area contributed by atoms with Gasteiger partial charge in [-0.15, -0.1) is 0 Å². The largest absolute Gasteiger partial charge is 0.366 e. The minimum absolute atomic E-state index is 0.312. The quantitative estimate of drug-likeness (QED) is 0.780. The fourth-order valence-corrected chi connectivity index (χ4v) is 1.43. The van der Waals surface area contributed by atoms with Crippen LogP contribution in [-0.2, 0) is 0 Å². The molecule has 0 atom stereocenters. The van der Waals surface area contributed by atoms with Crippen LogP contribution in [0.3, 0.4) is 0 Å². The first-order chi connectivity index (χ1) is 7.56. The molecule has 16 heavy (non-hydrogen) atoms. The monoisotopic (exact) mass is 237 g/mol. The SMILES string of the molecule is Cc1nc(Cl)cc(-n2cc(C(N)=O)cn2)n1. The Bertz CT molecular complexity index is 530. The second-order valence-electron chi connectivity index (χ2n) is 3.13. The molecule has 6 nitrogen and oxygen atoms in total. The Hall–Kier alpha value is -1.95. The Morgan fingerprint density at radius 1 is 1.50 bits per heavy atom. The van der Waals surface area contributed by atoms with Gasteiger partial charge in [0.05, 0.1) is 11.8 Å². The van der Waals surface area contributed by atoms with Crippen LogP contribution in [0.1, 0.15) is 16.2 Å². The van der Waals surface area contributed by atoms with E-state index in [2.05, 4.69) is 15.1 Å². The number of aromatic nitrogens is 4. The van der Waals surface area contributed by atoms with E-state index in [0.717, 1.165) is 0 Å². The number of amides is 1. The highest BCUT2D eigenvalue weighted by Crippen LogP contribution is 2.11. The Labute approximate surface area is 96.1 Å². The molecule has 2 aromatic heterocycles. The molecule has 82 valence electrons. The van der Waals surface area contributed by atoms with Gasteiger partial charge in [-0.05, 0) is 6.92 Å². The molecule has 0 aliphatic carbocycles. The number of carbonyl (C=O) groups excluding carboxylic acids is 1. The topological polar surface area (TPSA) is 86.7 Å². The molecule has 0 unspecified atom stereocenters. The number of halogens is 1. The van der Waals surface area contributed by atoms with Gasteiger partial charge >= 0.3 is 0 Å². The summed E-state index contributed by atoms with van der Waals surface area (Å²) in [7, 11) is 0. The van der Waals surface area contributed by atoms with Crippen molar-refractivity contribution in [2.24, 2.45) is 5.73 Å². The summed E-state index contributed by atoms with van der Waals surface area (Å²) in [5, 5.41) is 4.27. The van der Waals surface area contributed by atoms with Crippen LogP contribution in [0.25, 0.3) is 5.82 Å². The van der Waals surface area contributed by atoms with Crippen molar-refractivity contribution in [3.63, 3.8) is 0 Å². The number of carbonyl (C=O) groups is 1. The summed E-state index contributed by atoms with van der Waals surface area (Å²) < 4.78 is 1.42. The van der Waals surface area contributed by atoms with E-state index in [0.29, 0.717) is 22.4 Å². The molecule has 0 bridgehead atoms. The minimum Gasteiger partial charge on any atom is -0.366 e. The third kappa shape index (κ3) is 2.01. The lowest BCUT2D eigenvalue weighted by molar-refractivity contribution is 0.100. The van der Waals surface area contributed by atoms with Crippen molar-refractivity contribution in [1.82, 2.24) is 19.7 Å². The normalized spacial score (nSPS) is 10.4. The van der Waals surface area contributed by atoms with Crippen molar-refractivity contribution in [2.75, 3.05) is 0 Å². The molecule has 0 saturated heterocycles. The summed E-state index contributed by atoms with van der Waals surface area (Å²) >= 11 is 5.79. The lowest BCUT2D eigenvalue weighted by Gasteiger charge is -2.01. The fraction of sp³-hybridized carbons (Fsp3) is 0.111. The van der Waals surface area contributed by atoms with Gasteiger partial charge in [-0.3, -0.25) is 4.79 Å². The zero-order valence-electron chi connectivity index (χ0n) is 8.38. The van der Waals surface area contributed by atoms with E-state index in [1.165, 1.54) is 17.1 Å². The zero-order valence-corrected chi connectivity index (χ0v) is 9.14. The predicted octanol–water partition coefficient (Wildman–Crippen LogP) is 0.723. The lowest BCUT2D eigenvalue weighted by Crippen LogP contribution is -2.09. The van der Waals surface area contributed by atoms with E-state index in [-0.39, 0.29) is 0 Å². The van der Waals surface area contributed by atoms with Crippen LogP contribution in [0.4, 0.5) is 0 Å². The van der Waals surface area contributed by atoms with Gasteiger partial charge in [-0.2, -0.15) is 5.10 Å². The molecule has 1 amide bonds. The molecular formula is C9H8ClN5O. The first-order valence-electron chi connectivity index (χ1n) is 4.42. The van der Waals surface area contributed by atoms with Crippen LogP contribution in [0, 0.1) is 6.92 Å². The molecule has 2 N–H and O–H groups in total. The van der Waals surface area contributed by atoms with Crippen molar-refractivity contribution in [2.45, 2.75) is 6.92 Å². The van der Waals surface area contributed by atoms with Crippen LogP contribution in [0.2, 0.25) is 5.15 Å². The summed E-state index contributed by atoms with van der Waals surface area (Å²) in [5.74, 6) is 0.478. The van der Waals surface area contributed by atoms with E-state index < -0.39 is 5.91 Å². The van der Waals surface area contributed by atoms with E-state index in [1.54, 1.807) is 13.0 Å². The Balaban J connectivity index is 2.46. The van der Waals surface area contributed by atoms with Gasteiger partial charge in [0.2, 0.25) is 0 Å². The van der Waals surface area contributed by atoms with Gasteiger partial charge in [0.15, 0.2) is 5.82 Å². The molecule has 2 aromatic rings. The first kappa shape index (κ1) is 10.6. The van der Waals surface area contributed by atoms with Gasteiger partial charge in [-0.25, -0.2) is 14.6 Å². The Morgan fingerprint density at radius 3 is 2.81 bits per heavy atom.